The molecule has 2 atom stereocenters. The number of amides is 1. The number of carboxylic acids is 1. The normalized spacial score (nSPS) is 18.5. The molecule has 2 aromatic rings. The van der Waals surface area contributed by atoms with Crippen molar-refractivity contribution in [3.05, 3.63) is 70.3 Å². The maximum absolute atomic E-state index is 14.3. The number of benzene rings is 2. The molecule has 1 N–H and O–H groups in total. The molecule has 8 heteroatoms. The van der Waals surface area contributed by atoms with Crippen molar-refractivity contribution in [1.82, 2.24) is 4.90 Å². The Morgan fingerprint density at radius 1 is 1.12 bits per heavy atom. The van der Waals surface area contributed by atoms with E-state index in [1.165, 1.54) is 6.07 Å². The zero-order chi connectivity index (χ0) is 25.4. The Balaban J connectivity index is 2.00. The average molecular weight is 490 g/mol. The van der Waals surface area contributed by atoms with Crippen molar-refractivity contribution in [2.45, 2.75) is 70.8 Å². The summed E-state index contributed by atoms with van der Waals surface area (Å²) in [7, 11) is -2.17. The molecule has 1 aliphatic heterocycles. The summed E-state index contributed by atoms with van der Waals surface area (Å²) in [5, 5.41) is 9.67. The highest BCUT2D eigenvalue weighted by molar-refractivity contribution is 6.74. The third-order valence-corrected chi connectivity index (χ3v) is 11.8. The highest BCUT2D eigenvalue weighted by atomic mass is 28.4. The van der Waals surface area contributed by atoms with Crippen LogP contribution in [0.1, 0.15) is 60.8 Å². The van der Waals surface area contributed by atoms with Gasteiger partial charge in [-0.25, -0.2) is 13.6 Å². The summed E-state index contributed by atoms with van der Waals surface area (Å²) < 4.78 is 35.0. The zero-order valence-corrected chi connectivity index (χ0v) is 21.6. The molecule has 3 rings (SSSR count). The van der Waals surface area contributed by atoms with E-state index in [2.05, 4.69) is 33.9 Å². The van der Waals surface area contributed by atoms with E-state index in [4.69, 9.17) is 4.43 Å². The fraction of sp³-hybridized carbons (Fsp3) is 0.462. The number of hydrogen-bond donors (Lipinski definition) is 1. The average Bonchev–Trinajstić information content (AvgIpc) is 2.73. The molecule has 184 valence electrons. The molecule has 0 unspecified atom stereocenters. The summed E-state index contributed by atoms with van der Waals surface area (Å²) in [6.45, 7) is 12.6. The number of hydrogen-bond acceptors (Lipinski definition) is 3. The molecule has 0 saturated carbocycles. The molecule has 5 nitrogen and oxygen atoms in total. The van der Waals surface area contributed by atoms with E-state index in [1.807, 2.05) is 6.92 Å². The van der Waals surface area contributed by atoms with Gasteiger partial charge in [-0.05, 0) is 60.8 Å². The summed E-state index contributed by atoms with van der Waals surface area (Å²) in [4.78, 5) is 27.0. The Labute approximate surface area is 200 Å². The number of fused-ring (bicyclic) bond motifs is 1. The second-order valence-electron chi connectivity index (χ2n) is 10.5. The van der Waals surface area contributed by atoms with Crippen LogP contribution in [0.25, 0.3) is 0 Å². The first-order valence-corrected chi connectivity index (χ1v) is 14.4. The monoisotopic (exact) mass is 489 g/mol. The molecule has 0 radical (unpaired) electrons. The maximum Gasteiger partial charge on any atom is 0.335 e. The molecular formula is C26H33F2NO4Si. The van der Waals surface area contributed by atoms with Crippen LogP contribution in [0.15, 0.2) is 36.4 Å². The Bertz CT molecular complexity index is 1080. The summed E-state index contributed by atoms with van der Waals surface area (Å²) in [6, 6.07) is 7.63. The first-order valence-electron chi connectivity index (χ1n) is 11.5. The highest BCUT2D eigenvalue weighted by Crippen LogP contribution is 2.39. The summed E-state index contributed by atoms with van der Waals surface area (Å²) in [6.07, 6.45) is -0.129. The molecular weight excluding hydrogens is 456 g/mol. The van der Waals surface area contributed by atoms with Gasteiger partial charge in [0, 0.05) is 5.56 Å². The van der Waals surface area contributed by atoms with Crippen LogP contribution in [0.5, 0.6) is 0 Å². The van der Waals surface area contributed by atoms with Crippen molar-refractivity contribution >= 4 is 20.2 Å². The predicted octanol–water partition coefficient (Wildman–Crippen LogP) is 5.74. The number of carbonyl (C=O) groups excluding carboxylic acids is 1. The van der Waals surface area contributed by atoms with Crippen LogP contribution < -0.4 is 0 Å². The second kappa shape index (κ2) is 9.58. The first-order chi connectivity index (χ1) is 15.7. The van der Waals surface area contributed by atoms with Crippen LogP contribution in [-0.2, 0) is 22.1 Å². The third kappa shape index (κ3) is 5.07. The number of nitrogens with zero attached hydrogens (tertiary/aromatic N) is 1. The molecule has 2 aromatic carbocycles. The van der Waals surface area contributed by atoms with Crippen LogP contribution in [-0.4, -0.2) is 42.8 Å². The molecule has 1 aliphatic rings. The fourth-order valence-corrected chi connectivity index (χ4v) is 5.29. The predicted molar refractivity (Wildman–Crippen MR) is 129 cm³/mol. The van der Waals surface area contributed by atoms with Crippen LogP contribution in [0.4, 0.5) is 8.78 Å². The summed E-state index contributed by atoms with van der Waals surface area (Å²) in [5.41, 5.74) is 1.33. The summed E-state index contributed by atoms with van der Waals surface area (Å²) >= 11 is 0. The van der Waals surface area contributed by atoms with E-state index >= 15 is 0 Å². The lowest BCUT2D eigenvalue weighted by atomic mass is 9.85. The molecule has 0 saturated heterocycles. The molecule has 0 fully saturated rings. The van der Waals surface area contributed by atoms with Gasteiger partial charge in [-0.1, -0.05) is 39.0 Å². The van der Waals surface area contributed by atoms with Crippen molar-refractivity contribution in [3.63, 3.8) is 0 Å². The van der Waals surface area contributed by atoms with E-state index in [0.29, 0.717) is 12.0 Å². The Morgan fingerprint density at radius 3 is 2.26 bits per heavy atom. The lowest BCUT2D eigenvalue weighted by molar-refractivity contribution is -0.137. The number of halogens is 2. The number of rotatable bonds is 6. The van der Waals surface area contributed by atoms with E-state index in [9.17, 15) is 23.5 Å². The maximum atomic E-state index is 14.3. The van der Waals surface area contributed by atoms with Crippen LogP contribution in [0.3, 0.4) is 0 Å². The van der Waals surface area contributed by atoms with Gasteiger partial charge in [0.25, 0.3) is 0 Å². The smallest absolute Gasteiger partial charge is 0.335 e. The topological polar surface area (TPSA) is 66.8 Å². The van der Waals surface area contributed by atoms with Gasteiger partial charge in [0.1, 0.15) is 11.6 Å². The third-order valence-electron chi connectivity index (χ3n) is 7.26. The van der Waals surface area contributed by atoms with Gasteiger partial charge < -0.3 is 14.4 Å². The first kappa shape index (κ1) is 26.0. The van der Waals surface area contributed by atoms with E-state index in [1.54, 1.807) is 23.1 Å². The van der Waals surface area contributed by atoms with Crippen LogP contribution in [0, 0.1) is 11.6 Å². The second-order valence-corrected chi connectivity index (χ2v) is 15.3. The molecule has 0 bridgehead atoms. The van der Waals surface area contributed by atoms with Crippen LogP contribution >= 0.6 is 0 Å². The number of carboxylic acid groups (broad SMARTS) is 1. The van der Waals surface area contributed by atoms with E-state index in [-0.39, 0.29) is 22.8 Å². The van der Waals surface area contributed by atoms with Gasteiger partial charge in [-0.3, -0.25) is 4.79 Å². The van der Waals surface area contributed by atoms with Crippen molar-refractivity contribution in [2.24, 2.45) is 0 Å². The Kier molecular flexibility index (Phi) is 7.33. The lowest BCUT2D eigenvalue weighted by Crippen LogP contribution is -2.52. The quantitative estimate of drug-likeness (QED) is 0.526. The van der Waals surface area contributed by atoms with E-state index in [0.717, 1.165) is 17.7 Å². The molecule has 0 spiro atoms. The minimum atomic E-state index is -2.17. The van der Waals surface area contributed by atoms with Crippen molar-refractivity contribution < 1.29 is 27.9 Å². The number of carbonyl (C=O) groups is 2. The van der Waals surface area contributed by atoms with Gasteiger partial charge in [0.2, 0.25) is 5.91 Å². The molecule has 34 heavy (non-hydrogen) atoms. The van der Waals surface area contributed by atoms with Gasteiger partial charge in [-0.2, -0.15) is 0 Å². The lowest BCUT2D eigenvalue weighted by Gasteiger charge is -2.44. The van der Waals surface area contributed by atoms with Gasteiger partial charge in [0.05, 0.1) is 30.7 Å². The SMILES string of the molecule is C[C@H]1c2cccc(C(=O)O)c2C[C@H](CO[Si](C)(C)C(C)(C)C)N1C(=O)Cc1c(F)cccc1F. The zero-order valence-electron chi connectivity index (χ0n) is 20.6. The van der Waals surface area contributed by atoms with Gasteiger partial charge in [0.15, 0.2) is 8.32 Å². The summed E-state index contributed by atoms with van der Waals surface area (Å²) in [5.74, 6) is -2.98. The Hall–Kier alpha value is -2.58. The number of aromatic carboxylic acids is 1. The van der Waals surface area contributed by atoms with Crippen molar-refractivity contribution in [3.8, 4) is 0 Å². The largest absolute Gasteiger partial charge is 0.478 e. The molecule has 1 heterocycles. The molecule has 0 aliphatic carbocycles. The van der Waals surface area contributed by atoms with Crippen molar-refractivity contribution in [2.75, 3.05) is 6.61 Å². The van der Waals surface area contributed by atoms with E-state index < -0.39 is 50.3 Å². The standard InChI is InChI=1S/C26H33F2NO4Si/c1-16-18-9-7-10-19(25(31)32)20(18)13-17(15-33-34(5,6)26(2,3)4)29(16)24(30)14-21-22(27)11-8-12-23(21)28/h7-12,16-17H,13-15H2,1-6H3,(H,31,32)/t16-,17+/m0/s1. The fourth-order valence-electron chi connectivity index (χ4n) is 4.25. The van der Waals surface area contributed by atoms with Crippen molar-refractivity contribution in [1.29, 1.82) is 0 Å². The molecule has 1 amide bonds. The van der Waals surface area contributed by atoms with Gasteiger partial charge in [-0.15, -0.1) is 0 Å². The minimum Gasteiger partial charge on any atom is -0.478 e. The molecule has 0 aromatic heterocycles. The minimum absolute atomic E-state index is 0.0530. The Morgan fingerprint density at radius 2 is 1.71 bits per heavy atom. The van der Waals surface area contributed by atoms with Gasteiger partial charge >= 0.3 is 5.97 Å². The van der Waals surface area contributed by atoms with Crippen LogP contribution in [0.2, 0.25) is 18.1 Å². The highest BCUT2D eigenvalue weighted by Gasteiger charge is 2.41.